The fraction of sp³-hybridized carbons (Fsp3) is 0.310. The summed E-state index contributed by atoms with van der Waals surface area (Å²) in [6.07, 6.45) is 3.43. The molecule has 2 fully saturated rings. The summed E-state index contributed by atoms with van der Waals surface area (Å²) in [4.78, 5) is 13.4. The van der Waals surface area contributed by atoms with Crippen LogP contribution in [0.4, 0.5) is 31.7 Å². The number of morpholine rings is 1. The Balaban J connectivity index is 1.33. The van der Waals surface area contributed by atoms with Gasteiger partial charge in [-0.2, -0.15) is 4.31 Å². The van der Waals surface area contributed by atoms with Crippen molar-refractivity contribution in [2.24, 2.45) is 0 Å². The van der Waals surface area contributed by atoms with E-state index in [4.69, 9.17) is 4.74 Å². The van der Waals surface area contributed by atoms with Crippen molar-refractivity contribution in [2.45, 2.75) is 11.8 Å². The molecule has 0 saturated carbocycles. The molecular weight excluding hydrogens is 550 g/mol. The van der Waals surface area contributed by atoms with Gasteiger partial charge in [-0.25, -0.2) is 22.2 Å². The molecule has 2 aromatic carbocycles. The number of fused-ring (bicyclic) bond motifs is 1. The van der Waals surface area contributed by atoms with E-state index in [0.717, 1.165) is 24.8 Å². The Kier molecular flexibility index (Phi) is 7.45. The average Bonchev–Trinajstić information content (AvgIpc) is 2.99. The molecule has 2 saturated heterocycles. The number of nitrogens with zero attached hydrogens (tertiary/aromatic N) is 5. The van der Waals surface area contributed by atoms with E-state index >= 15 is 4.39 Å². The summed E-state index contributed by atoms with van der Waals surface area (Å²) in [6.45, 7) is 5.83. The molecular formula is C29H30F2N6O3S. The number of rotatable bonds is 6. The van der Waals surface area contributed by atoms with E-state index in [9.17, 15) is 12.8 Å². The first-order valence-electron chi connectivity index (χ1n) is 13.5. The first-order valence-corrected chi connectivity index (χ1v) is 14.9. The average molecular weight is 581 g/mol. The molecule has 1 N–H and O–H groups in total. The van der Waals surface area contributed by atoms with Crippen LogP contribution in [0.1, 0.15) is 5.56 Å². The van der Waals surface area contributed by atoms with Crippen LogP contribution in [0.5, 0.6) is 0 Å². The summed E-state index contributed by atoms with van der Waals surface area (Å²) in [7, 11) is -3.63. The summed E-state index contributed by atoms with van der Waals surface area (Å²) < 4.78 is 62.7. The molecule has 6 rings (SSSR count). The van der Waals surface area contributed by atoms with Crippen LogP contribution in [-0.2, 0) is 14.8 Å². The zero-order valence-electron chi connectivity index (χ0n) is 22.6. The van der Waals surface area contributed by atoms with E-state index in [1.165, 1.54) is 10.4 Å². The molecule has 4 aromatic rings. The van der Waals surface area contributed by atoms with Gasteiger partial charge in [-0.05, 0) is 25.1 Å². The van der Waals surface area contributed by atoms with Gasteiger partial charge >= 0.3 is 0 Å². The number of sulfonamides is 1. The molecule has 12 heteroatoms. The smallest absolute Gasteiger partial charge is 0.243 e. The highest BCUT2D eigenvalue weighted by atomic mass is 32.2. The monoisotopic (exact) mass is 580 g/mol. The largest absolute Gasteiger partial charge is 0.378 e. The van der Waals surface area contributed by atoms with Crippen LogP contribution in [0.15, 0.2) is 65.8 Å². The second-order valence-electron chi connectivity index (χ2n) is 10.1. The van der Waals surface area contributed by atoms with Crippen LogP contribution < -0.4 is 15.1 Å². The molecule has 0 aliphatic carbocycles. The highest BCUT2D eigenvalue weighted by Crippen LogP contribution is 2.37. The lowest BCUT2D eigenvalue weighted by molar-refractivity contribution is 0.122. The fourth-order valence-electron chi connectivity index (χ4n) is 5.37. The Morgan fingerprint density at radius 2 is 1.63 bits per heavy atom. The van der Waals surface area contributed by atoms with Crippen molar-refractivity contribution in [3.8, 4) is 0 Å². The summed E-state index contributed by atoms with van der Waals surface area (Å²) in [6, 6.07) is 12.3. The molecule has 214 valence electrons. The van der Waals surface area contributed by atoms with Crippen molar-refractivity contribution in [1.82, 2.24) is 14.3 Å². The summed E-state index contributed by atoms with van der Waals surface area (Å²) in [5, 5.41) is 3.51. The molecule has 2 aliphatic heterocycles. The third-order valence-electron chi connectivity index (χ3n) is 7.51. The van der Waals surface area contributed by atoms with Gasteiger partial charge in [0, 0.05) is 57.0 Å². The normalized spacial score (nSPS) is 16.8. The van der Waals surface area contributed by atoms with Crippen LogP contribution in [0.2, 0.25) is 0 Å². The molecule has 2 aliphatic rings. The van der Waals surface area contributed by atoms with E-state index in [-0.39, 0.29) is 28.9 Å². The van der Waals surface area contributed by atoms with Crippen molar-refractivity contribution in [3.63, 3.8) is 0 Å². The van der Waals surface area contributed by atoms with E-state index in [2.05, 4.69) is 20.2 Å². The molecule has 0 atom stereocenters. The number of benzene rings is 2. The van der Waals surface area contributed by atoms with Gasteiger partial charge in [0.25, 0.3) is 0 Å². The van der Waals surface area contributed by atoms with Gasteiger partial charge in [0.2, 0.25) is 10.0 Å². The number of hydrogen-bond acceptors (Lipinski definition) is 8. The van der Waals surface area contributed by atoms with Crippen molar-refractivity contribution in [3.05, 3.63) is 78.1 Å². The predicted molar refractivity (Wildman–Crippen MR) is 154 cm³/mol. The second-order valence-corrected chi connectivity index (χ2v) is 12.0. The highest BCUT2D eigenvalue weighted by Gasteiger charge is 2.30. The lowest BCUT2D eigenvalue weighted by Gasteiger charge is -2.36. The second kappa shape index (κ2) is 11.2. The molecule has 0 spiro atoms. The minimum atomic E-state index is -3.63. The summed E-state index contributed by atoms with van der Waals surface area (Å²) in [5.41, 5.74) is 2.86. The van der Waals surface area contributed by atoms with Gasteiger partial charge in [0.15, 0.2) is 0 Å². The number of hydrogen-bond donors (Lipinski definition) is 1. The van der Waals surface area contributed by atoms with Crippen molar-refractivity contribution >= 4 is 43.8 Å². The number of nitrogens with one attached hydrogen (secondary N) is 1. The third-order valence-corrected chi connectivity index (χ3v) is 9.42. The van der Waals surface area contributed by atoms with Gasteiger partial charge in [0.1, 0.15) is 17.5 Å². The van der Waals surface area contributed by atoms with Gasteiger partial charge in [0.05, 0.1) is 58.5 Å². The number of piperazine rings is 1. The molecule has 41 heavy (non-hydrogen) atoms. The molecule has 0 bridgehead atoms. The fourth-order valence-corrected chi connectivity index (χ4v) is 6.82. The van der Waals surface area contributed by atoms with Crippen LogP contribution in [0.3, 0.4) is 0 Å². The molecule has 2 aromatic heterocycles. The molecule has 0 radical (unpaired) electrons. The minimum Gasteiger partial charge on any atom is -0.378 e. The Morgan fingerprint density at radius 3 is 2.37 bits per heavy atom. The van der Waals surface area contributed by atoms with E-state index in [1.54, 1.807) is 42.7 Å². The minimum absolute atomic E-state index is 0.169. The van der Waals surface area contributed by atoms with Gasteiger partial charge in [-0.15, -0.1) is 0 Å². The van der Waals surface area contributed by atoms with Crippen molar-refractivity contribution < 1.29 is 21.9 Å². The van der Waals surface area contributed by atoms with E-state index < -0.39 is 21.7 Å². The predicted octanol–water partition coefficient (Wildman–Crippen LogP) is 4.31. The Hall–Kier alpha value is -3.87. The molecule has 0 amide bonds. The number of pyridine rings is 2. The van der Waals surface area contributed by atoms with Gasteiger partial charge in [-0.1, -0.05) is 18.2 Å². The van der Waals surface area contributed by atoms with Crippen LogP contribution in [-0.4, -0.2) is 75.2 Å². The maximum Gasteiger partial charge on any atom is 0.243 e. The van der Waals surface area contributed by atoms with Crippen molar-refractivity contribution in [1.29, 1.82) is 0 Å². The molecule has 0 unspecified atom stereocenters. The van der Waals surface area contributed by atoms with E-state index in [0.29, 0.717) is 49.1 Å². The number of aromatic nitrogens is 2. The lowest BCUT2D eigenvalue weighted by Crippen LogP contribution is -2.49. The van der Waals surface area contributed by atoms with Gasteiger partial charge < -0.3 is 19.9 Å². The van der Waals surface area contributed by atoms with Crippen LogP contribution >= 0.6 is 0 Å². The number of anilines is 4. The number of halogens is 2. The lowest BCUT2D eigenvalue weighted by atomic mass is 10.1. The summed E-state index contributed by atoms with van der Waals surface area (Å²) >= 11 is 0. The first-order chi connectivity index (χ1) is 19.8. The Bertz CT molecular complexity index is 1680. The first kappa shape index (κ1) is 27.3. The maximum atomic E-state index is 15.2. The highest BCUT2D eigenvalue weighted by molar-refractivity contribution is 7.89. The topological polar surface area (TPSA) is 90.9 Å². The quantitative estimate of drug-likeness (QED) is 0.361. The maximum absolute atomic E-state index is 15.2. The standard InChI is InChI=1S/C29H30F2N6O3S/c1-20-28(33-22-17-23(19-32-18-22)35-11-13-40-14-12-35)27-25(31)15-21(30)16-26(27)34-29(20)36-7-9-37(10-8-36)41(38,39)24-5-3-2-4-6-24/h2-6,15-19H,7-14H2,1H3,(H,33,34). The number of ether oxygens (including phenoxy) is 1. The SMILES string of the molecule is Cc1c(N2CCN(S(=O)(=O)c3ccccc3)CC2)nc2cc(F)cc(F)c2c1Nc1cncc(N2CCOCC2)c1. The zero-order chi connectivity index (χ0) is 28.6. The van der Waals surface area contributed by atoms with Crippen LogP contribution in [0.25, 0.3) is 10.9 Å². The third kappa shape index (κ3) is 5.42. The summed E-state index contributed by atoms with van der Waals surface area (Å²) in [5.74, 6) is -0.905. The molecule has 9 nitrogen and oxygen atoms in total. The zero-order valence-corrected chi connectivity index (χ0v) is 23.4. The Labute approximate surface area is 237 Å². The Morgan fingerprint density at radius 1 is 0.902 bits per heavy atom. The van der Waals surface area contributed by atoms with Crippen LogP contribution in [0, 0.1) is 18.6 Å². The van der Waals surface area contributed by atoms with Crippen molar-refractivity contribution in [2.75, 3.05) is 67.6 Å². The van der Waals surface area contributed by atoms with Gasteiger partial charge in [-0.3, -0.25) is 4.98 Å². The van der Waals surface area contributed by atoms with E-state index in [1.807, 2.05) is 17.9 Å². The molecule has 4 heterocycles.